The molecular formula is C19H22BrN5OS2. The zero-order valence-electron chi connectivity index (χ0n) is 15.6. The van der Waals surface area contributed by atoms with Gasteiger partial charge in [-0.15, -0.1) is 11.3 Å². The van der Waals surface area contributed by atoms with Gasteiger partial charge in [0.1, 0.15) is 17.3 Å². The number of furan rings is 1. The van der Waals surface area contributed by atoms with Gasteiger partial charge < -0.3 is 4.42 Å². The van der Waals surface area contributed by atoms with Crippen LogP contribution in [-0.4, -0.2) is 50.7 Å². The lowest BCUT2D eigenvalue weighted by molar-refractivity contribution is 0.0988. The Morgan fingerprint density at radius 1 is 1.18 bits per heavy atom. The Bertz CT molecular complexity index is 1010. The number of hydrogen-bond donors (Lipinski definition) is 1. The van der Waals surface area contributed by atoms with Crippen LogP contribution in [0.5, 0.6) is 0 Å². The standard InChI is InChI=1S/C19H22BrN5OS2/c1-14-2-3-15(26-14)4-7-18-21-19(27)25(22-18)13-24-10-8-23(9-11-24)12-16-5-6-17(20)28-16/h2-7H,8-13H2,1H3,(H,21,22,27)/b7-4+. The number of rotatable bonds is 6. The number of aryl methyl sites for hydroxylation is 1. The number of nitrogens with zero attached hydrogens (tertiary/aromatic N) is 4. The molecule has 1 N–H and O–H groups in total. The van der Waals surface area contributed by atoms with E-state index in [1.807, 2.05) is 47.2 Å². The Morgan fingerprint density at radius 3 is 2.64 bits per heavy atom. The van der Waals surface area contributed by atoms with Crippen molar-refractivity contribution in [2.45, 2.75) is 20.1 Å². The molecule has 1 aliphatic rings. The summed E-state index contributed by atoms with van der Waals surface area (Å²) in [5.41, 5.74) is 0. The molecule has 6 nitrogen and oxygen atoms in total. The van der Waals surface area contributed by atoms with Crippen molar-refractivity contribution in [2.24, 2.45) is 0 Å². The zero-order chi connectivity index (χ0) is 19.5. The molecule has 1 aliphatic heterocycles. The molecule has 28 heavy (non-hydrogen) atoms. The summed E-state index contributed by atoms with van der Waals surface area (Å²) in [5, 5.41) is 3.27. The van der Waals surface area contributed by atoms with Crippen LogP contribution >= 0.6 is 39.5 Å². The third-order valence-electron chi connectivity index (χ3n) is 4.68. The molecule has 148 valence electrons. The number of thiophene rings is 1. The number of aromatic amines is 1. The number of aromatic nitrogens is 3. The van der Waals surface area contributed by atoms with Crippen LogP contribution in [0.4, 0.5) is 0 Å². The van der Waals surface area contributed by atoms with Crippen molar-refractivity contribution in [2.75, 3.05) is 26.2 Å². The van der Waals surface area contributed by atoms with E-state index in [1.54, 1.807) is 0 Å². The van der Waals surface area contributed by atoms with Crippen molar-refractivity contribution in [1.29, 1.82) is 0 Å². The monoisotopic (exact) mass is 479 g/mol. The average molecular weight is 480 g/mol. The summed E-state index contributed by atoms with van der Waals surface area (Å²) in [6.07, 6.45) is 3.79. The highest BCUT2D eigenvalue weighted by atomic mass is 79.9. The number of hydrogen-bond acceptors (Lipinski definition) is 6. The van der Waals surface area contributed by atoms with E-state index in [-0.39, 0.29) is 0 Å². The SMILES string of the molecule is Cc1ccc(/C=C/c2nc(=S)n(CN3CCN(Cc4ccc(Br)s4)CC3)[nH]2)o1. The van der Waals surface area contributed by atoms with Gasteiger partial charge in [-0.1, -0.05) is 0 Å². The normalized spacial score (nSPS) is 16.4. The summed E-state index contributed by atoms with van der Waals surface area (Å²) in [7, 11) is 0. The van der Waals surface area contributed by atoms with Crippen LogP contribution in [-0.2, 0) is 13.2 Å². The Balaban J connectivity index is 1.31. The van der Waals surface area contributed by atoms with Crippen LogP contribution < -0.4 is 0 Å². The molecule has 0 bridgehead atoms. The summed E-state index contributed by atoms with van der Waals surface area (Å²) >= 11 is 10.8. The van der Waals surface area contributed by atoms with E-state index in [1.165, 1.54) is 8.66 Å². The van der Waals surface area contributed by atoms with Crippen LogP contribution in [0.2, 0.25) is 0 Å². The van der Waals surface area contributed by atoms with Crippen molar-refractivity contribution < 1.29 is 4.42 Å². The number of piperazine rings is 1. The minimum Gasteiger partial charge on any atom is -0.462 e. The van der Waals surface area contributed by atoms with Gasteiger partial charge in [0.2, 0.25) is 4.77 Å². The summed E-state index contributed by atoms with van der Waals surface area (Å²) in [6.45, 7) is 7.84. The smallest absolute Gasteiger partial charge is 0.217 e. The van der Waals surface area contributed by atoms with Crippen LogP contribution in [0.25, 0.3) is 12.2 Å². The number of nitrogens with one attached hydrogen (secondary N) is 1. The van der Waals surface area contributed by atoms with Gasteiger partial charge in [0.05, 0.1) is 10.5 Å². The lowest BCUT2D eigenvalue weighted by Gasteiger charge is -2.34. The molecule has 0 unspecified atom stereocenters. The predicted molar refractivity (Wildman–Crippen MR) is 119 cm³/mol. The first kappa shape index (κ1) is 19.8. The van der Waals surface area contributed by atoms with E-state index in [0.29, 0.717) is 4.77 Å². The highest BCUT2D eigenvalue weighted by molar-refractivity contribution is 9.11. The van der Waals surface area contributed by atoms with Crippen molar-refractivity contribution in [3.63, 3.8) is 0 Å². The van der Waals surface area contributed by atoms with E-state index >= 15 is 0 Å². The average Bonchev–Trinajstić information content (AvgIpc) is 3.36. The van der Waals surface area contributed by atoms with Gasteiger partial charge in [0, 0.05) is 37.6 Å². The van der Waals surface area contributed by atoms with Gasteiger partial charge in [-0.25, -0.2) is 4.68 Å². The van der Waals surface area contributed by atoms with Crippen LogP contribution in [0.3, 0.4) is 0 Å². The third-order valence-corrected chi connectivity index (χ3v) is 6.60. The molecule has 0 aromatic carbocycles. The highest BCUT2D eigenvalue weighted by Gasteiger charge is 2.18. The van der Waals surface area contributed by atoms with Crippen LogP contribution in [0.15, 0.2) is 32.5 Å². The Labute approximate surface area is 181 Å². The maximum atomic E-state index is 5.54. The summed E-state index contributed by atoms with van der Waals surface area (Å²) < 4.78 is 9.23. The number of halogens is 1. The first-order valence-electron chi connectivity index (χ1n) is 9.15. The van der Waals surface area contributed by atoms with Gasteiger partial charge in [0.25, 0.3) is 0 Å². The molecule has 0 aliphatic carbocycles. The van der Waals surface area contributed by atoms with Gasteiger partial charge >= 0.3 is 0 Å². The summed E-state index contributed by atoms with van der Waals surface area (Å²) in [5.74, 6) is 2.44. The molecule has 3 aromatic rings. The topological polar surface area (TPSA) is 53.2 Å². The summed E-state index contributed by atoms with van der Waals surface area (Å²) in [6, 6.07) is 8.20. The van der Waals surface area contributed by atoms with E-state index in [0.717, 1.165) is 56.7 Å². The molecule has 0 amide bonds. The van der Waals surface area contributed by atoms with Gasteiger partial charge in [-0.3, -0.25) is 14.9 Å². The molecule has 9 heteroatoms. The Kier molecular flexibility index (Phi) is 6.27. The van der Waals surface area contributed by atoms with Crippen molar-refractivity contribution in [3.8, 4) is 0 Å². The third kappa shape index (κ3) is 5.09. The van der Waals surface area contributed by atoms with E-state index in [4.69, 9.17) is 16.6 Å². The van der Waals surface area contributed by atoms with Crippen molar-refractivity contribution >= 4 is 51.6 Å². The highest BCUT2D eigenvalue weighted by Crippen LogP contribution is 2.23. The van der Waals surface area contributed by atoms with Gasteiger partial charge in [0.15, 0.2) is 0 Å². The largest absolute Gasteiger partial charge is 0.462 e. The zero-order valence-corrected chi connectivity index (χ0v) is 18.8. The Morgan fingerprint density at radius 2 is 1.96 bits per heavy atom. The second kappa shape index (κ2) is 8.87. The molecule has 0 atom stereocenters. The molecule has 3 aromatic heterocycles. The van der Waals surface area contributed by atoms with Gasteiger partial charge in [-0.2, -0.15) is 4.98 Å². The molecule has 4 rings (SSSR count). The molecule has 0 saturated carbocycles. The molecular weight excluding hydrogens is 458 g/mol. The second-order valence-electron chi connectivity index (χ2n) is 6.84. The maximum Gasteiger partial charge on any atom is 0.217 e. The first-order valence-corrected chi connectivity index (χ1v) is 11.2. The lowest BCUT2D eigenvalue weighted by atomic mass is 10.3. The summed E-state index contributed by atoms with van der Waals surface area (Å²) in [4.78, 5) is 10.7. The molecule has 1 saturated heterocycles. The Hall–Kier alpha value is -1.52. The fraction of sp³-hybridized carbons (Fsp3) is 0.368. The fourth-order valence-electron chi connectivity index (χ4n) is 3.19. The predicted octanol–water partition coefficient (Wildman–Crippen LogP) is 4.61. The molecule has 0 radical (unpaired) electrons. The molecule has 0 spiro atoms. The van der Waals surface area contributed by atoms with E-state index < -0.39 is 0 Å². The fourth-order valence-corrected chi connectivity index (χ4v) is 4.92. The van der Waals surface area contributed by atoms with Crippen molar-refractivity contribution in [3.05, 3.63) is 55.0 Å². The minimum atomic E-state index is 0.571. The van der Waals surface area contributed by atoms with Crippen molar-refractivity contribution in [1.82, 2.24) is 24.6 Å². The quantitative estimate of drug-likeness (QED) is 0.523. The van der Waals surface area contributed by atoms with Crippen LogP contribution in [0.1, 0.15) is 22.2 Å². The second-order valence-corrected chi connectivity index (χ2v) is 9.76. The minimum absolute atomic E-state index is 0.571. The molecule has 4 heterocycles. The van der Waals surface area contributed by atoms with E-state index in [2.05, 4.69) is 47.9 Å². The van der Waals surface area contributed by atoms with Gasteiger partial charge in [-0.05, 0) is 71.5 Å². The molecule has 1 fully saturated rings. The first-order chi connectivity index (χ1) is 13.5. The van der Waals surface area contributed by atoms with E-state index in [9.17, 15) is 0 Å². The van der Waals surface area contributed by atoms with Crippen LogP contribution in [0, 0.1) is 11.7 Å². The lowest BCUT2D eigenvalue weighted by Crippen LogP contribution is -2.46. The number of H-pyrrole nitrogens is 1. The maximum absolute atomic E-state index is 5.54.